The summed E-state index contributed by atoms with van der Waals surface area (Å²) >= 11 is 0. The van der Waals surface area contributed by atoms with Gasteiger partial charge in [-0.3, -0.25) is 9.10 Å². The minimum absolute atomic E-state index is 0.0773. The largest absolute Gasteiger partial charge is 0.350 e. The molecular formula is C23H32N2O3S. The second kappa shape index (κ2) is 9.92. The van der Waals surface area contributed by atoms with E-state index in [2.05, 4.69) is 24.4 Å². The third kappa shape index (κ3) is 6.60. The number of nitrogens with zero attached hydrogens (tertiary/aromatic N) is 1. The molecule has 1 atom stereocenters. The maximum absolute atomic E-state index is 12.4. The molecule has 1 N–H and O–H groups in total. The van der Waals surface area contributed by atoms with Crippen molar-refractivity contribution in [3.8, 4) is 0 Å². The highest BCUT2D eigenvalue weighted by molar-refractivity contribution is 7.92. The summed E-state index contributed by atoms with van der Waals surface area (Å²) in [6, 6.07) is 13.9. The van der Waals surface area contributed by atoms with Crippen molar-refractivity contribution in [1.29, 1.82) is 0 Å². The Labute approximate surface area is 175 Å². The summed E-state index contributed by atoms with van der Waals surface area (Å²) in [6.07, 6.45) is 2.91. The lowest BCUT2D eigenvalue weighted by Crippen LogP contribution is -2.33. The van der Waals surface area contributed by atoms with Gasteiger partial charge in [0.05, 0.1) is 18.0 Å². The average Bonchev–Trinajstić information content (AvgIpc) is 2.66. The van der Waals surface area contributed by atoms with E-state index in [0.29, 0.717) is 12.1 Å². The summed E-state index contributed by atoms with van der Waals surface area (Å²) in [7, 11) is -3.43. The summed E-state index contributed by atoms with van der Waals surface area (Å²) in [6.45, 7) is 8.17. The predicted molar refractivity (Wildman–Crippen MR) is 120 cm³/mol. The summed E-state index contributed by atoms with van der Waals surface area (Å²) < 4.78 is 26.0. The lowest BCUT2D eigenvalue weighted by molar-refractivity contribution is -0.121. The smallest absolute Gasteiger partial charge is 0.232 e. The van der Waals surface area contributed by atoms with Crippen molar-refractivity contribution < 1.29 is 13.2 Å². The molecule has 0 saturated heterocycles. The van der Waals surface area contributed by atoms with Crippen LogP contribution in [-0.4, -0.2) is 27.1 Å². The number of anilines is 1. The van der Waals surface area contributed by atoms with Gasteiger partial charge in [-0.2, -0.15) is 0 Å². The Bertz CT molecular complexity index is 937. The third-order valence-electron chi connectivity index (χ3n) is 5.06. The number of benzene rings is 2. The van der Waals surface area contributed by atoms with Crippen LogP contribution in [0.4, 0.5) is 5.69 Å². The van der Waals surface area contributed by atoms with Crippen LogP contribution in [0, 0.1) is 13.8 Å². The van der Waals surface area contributed by atoms with Gasteiger partial charge in [-0.25, -0.2) is 8.42 Å². The second-order valence-corrected chi connectivity index (χ2v) is 9.52. The first kappa shape index (κ1) is 22.9. The van der Waals surface area contributed by atoms with Crippen LogP contribution in [0.25, 0.3) is 0 Å². The van der Waals surface area contributed by atoms with E-state index < -0.39 is 10.0 Å². The molecule has 6 heteroatoms. The molecule has 0 aliphatic carbocycles. The number of hydrogen-bond acceptors (Lipinski definition) is 3. The molecule has 0 saturated carbocycles. The van der Waals surface area contributed by atoms with Crippen molar-refractivity contribution in [3.05, 3.63) is 64.7 Å². The number of nitrogens with one attached hydrogen (secondary N) is 1. The van der Waals surface area contributed by atoms with E-state index in [1.54, 1.807) is 0 Å². The lowest BCUT2D eigenvalue weighted by Gasteiger charge is -2.24. The van der Waals surface area contributed by atoms with Gasteiger partial charge in [0.15, 0.2) is 0 Å². The monoisotopic (exact) mass is 416 g/mol. The highest BCUT2D eigenvalue weighted by Gasteiger charge is 2.20. The fraction of sp³-hybridized carbons (Fsp3) is 0.435. The van der Waals surface area contributed by atoms with E-state index in [4.69, 9.17) is 0 Å². The zero-order valence-corrected chi connectivity index (χ0v) is 18.8. The number of sulfonamides is 1. The van der Waals surface area contributed by atoms with Crippen LogP contribution in [0.2, 0.25) is 0 Å². The van der Waals surface area contributed by atoms with E-state index in [1.807, 2.05) is 51.1 Å². The van der Waals surface area contributed by atoms with E-state index in [0.717, 1.165) is 23.1 Å². The Hall–Kier alpha value is -2.34. The van der Waals surface area contributed by atoms with Crippen LogP contribution in [0.3, 0.4) is 0 Å². The van der Waals surface area contributed by atoms with Crippen LogP contribution in [0.15, 0.2) is 42.5 Å². The predicted octanol–water partition coefficient (Wildman–Crippen LogP) is 4.29. The van der Waals surface area contributed by atoms with Crippen molar-refractivity contribution in [2.24, 2.45) is 0 Å². The molecular weight excluding hydrogens is 384 g/mol. The van der Waals surface area contributed by atoms with Crippen LogP contribution in [-0.2, 0) is 21.2 Å². The molecule has 0 aliphatic rings. The Morgan fingerprint density at radius 3 is 2.34 bits per heavy atom. The fourth-order valence-electron chi connectivity index (χ4n) is 3.28. The molecule has 1 amide bonds. The molecule has 2 rings (SSSR count). The fourth-order valence-corrected chi connectivity index (χ4v) is 4.29. The van der Waals surface area contributed by atoms with E-state index >= 15 is 0 Å². The summed E-state index contributed by atoms with van der Waals surface area (Å²) in [5.41, 5.74) is 4.90. The van der Waals surface area contributed by atoms with Gasteiger partial charge in [0.25, 0.3) is 0 Å². The SMILES string of the molecule is CCc1ccc([C@@H](C)NC(=O)CCCN(c2cc(C)ccc2C)S(C)(=O)=O)cc1. The molecule has 0 heterocycles. The zero-order chi connectivity index (χ0) is 21.6. The van der Waals surface area contributed by atoms with Crippen molar-refractivity contribution in [3.63, 3.8) is 0 Å². The van der Waals surface area contributed by atoms with Gasteiger partial charge in [0, 0.05) is 13.0 Å². The van der Waals surface area contributed by atoms with Gasteiger partial charge in [-0.05, 0) is 61.9 Å². The Kier molecular flexibility index (Phi) is 7.85. The van der Waals surface area contributed by atoms with Crippen LogP contribution in [0.5, 0.6) is 0 Å². The lowest BCUT2D eigenvalue weighted by atomic mass is 10.0. The molecule has 0 aliphatic heterocycles. The number of aryl methyl sites for hydroxylation is 3. The summed E-state index contributed by atoms with van der Waals surface area (Å²) in [5, 5.41) is 3.00. The van der Waals surface area contributed by atoms with Gasteiger partial charge in [-0.15, -0.1) is 0 Å². The third-order valence-corrected chi connectivity index (χ3v) is 6.24. The van der Waals surface area contributed by atoms with E-state index in [1.165, 1.54) is 16.1 Å². The molecule has 0 spiro atoms. The molecule has 29 heavy (non-hydrogen) atoms. The zero-order valence-electron chi connectivity index (χ0n) is 18.0. The molecule has 0 bridgehead atoms. The van der Waals surface area contributed by atoms with E-state index in [9.17, 15) is 13.2 Å². The van der Waals surface area contributed by atoms with Crippen molar-refractivity contribution in [1.82, 2.24) is 5.32 Å². The van der Waals surface area contributed by atoms with Gasteiger partial charge < -0.3 is 5.32 Å². The number of rotatable bonds is 9. The topological polar surface area (TPSA) is 66.5 Å². The normalized spacial score (nSPS) is 12.4. The number of amides is 1. The Morgan fingerprint density at radius 1 is 1.10 bits per heavy atom. The molecule has 5 nitrogen and oxygen atoms in total. The summed E-state index contributed by atoms with van der Waals surface area (Å²) in [5.74, 6) is -0.0773. The average molecular weight is 417 g/mol. The molecule has 0 aromatic heterocycles. The van der Waals surface area contributed by atoms with Gasteiger partial charge in [0.2, 0.25) is 15.9 Å². The second-order valence-electron chi connectivity index (χ2n) is 7.61. The van der Waals surface area contributed by atoms with Gasteiger partial charge in [-0.1, -0.05) is 43.3 Å². The van der Waals surface area contributed by atoms with Crippen molar-refractivity contribution in [2.75, 3.05) is 17.1 Å². The highest BCUT2D eigenvalue weighted by Crippen LogP contribution is 2.24. The molecule has 0 unspecified atom stereocenters. The highest BCUT2D eigenvalue weighted by atomic mass is 32.2. The molecule has 0 radical (unpaired) electrons. The van der Waals surface area contributed by atoms with Crippen molar-refractivity contribution >= 4 is 21.6 Å². The minimum atomic E-state index is -3.43. The number of carbonyl (C=O) groups is 1. The van der Waals surface area contributed by atoms with Crippen LogP contribution >= 0.6 is 0 Å². The standard InChI is InChI=1S/C23H32N2O3S/c1-6-20-11-13-21(14-12-20)19(4)24-23(26)8-7-15-25(29(5,27)28)22-16-17(2)9-10-18(22)3/h9-14,16,19H,6-8,15H2,1-5H3,(H,24,26)/t19-/m1/s1. The van der Waals surface area contributed by atoms with Crippen LogP contribution < -0.4 is 9.62 Å². The molecule has 158 valence electrons. The maximum atomic E-state index is 12.4. The maximum Gasteiger partial charge on any atom is 0.232 e. The minimum Gasteiger partial charge on any atom is -0.350 e. The quantitative estimate of drug-likeness (QED) is 0.663. The number of hydrogen-bond donors (Lipinski definition) is 1. The van der Waals surface area contributed by atoms with Crippen LogP contribution in [0.1, 0.15) is 55.0 Å². The Balaban J connectivity index is 1.96. The molecule has 2 aromatic carbocycles. The first-order valence-corrected chi connectivity index (χ1v) is 11.9. The van der Waals surface area contributed by atoms with Gasteiger partial charge >= 0.3 is 0 Å². The van der Waals surface area contributed by atoms with E-state index in [-0.39, 0.29) is 24.9 Å². The molecule has 2 aromatic rings. The summed E-state index contributed by atoms with van der Waals surface area (Å²) in [4.78, 5) is 12.4. The Morgan fingerprint density at radius 2 is 1.76 bits per heavy atom. The molecule has 0 fully saturated rings. The number of carbonyl (C=O) groups excluding carboxylic acids is 1. The first-order chi connectivity index (χ1) is 13.6. The first-order valence-electron chi connectivity index (χ1n) is 10.0. The van der Waals surface area contributed by atoms with Gasteiger partial charge in [0.1, 0.15) is 0 Å². The van der Waals surface area contributed by atoms with Crippen molar-refractivity contribution in [2.45, 2.75) is 53.0 Å².